The van der Waals surface area contributed by atoms with Crippen molar-refractivity contribution in [3.05, 3.63) is 70.6 Å². The Morgan fingerprint density at radius 3 is 2.72 bits per heavy atom. The quantitative estimate of drug-likeness (QED) is 0.455. The van der Waals surface area contributed by atoms with Gasteiger partial charge in [-0.2, -0.15) is 0 Å². The largest absolute Gasteiger partial charge is 0.493 e. The van der Waals surface area contributed by atoms with Crippen LogP contribution in [-0.4, -0.2) is 54.7 Å². The van der Waals surface area contributed by atoms with Crippen molar-refractivity contribution in [3.8, 4) is 11.5 Å². The van der Waals surface area contributed by atoms with Gasteiger partial charge in [0.1, 0.15) is 11.3 Å². The number of hydrogen-bond acceptors (Lipinski definition) is 6. The first kappa shape index (κ1) is 26.8. The number of aromatic nitrogens is 1. The molecule has 0 saturated carbocycles. The summed E-state index contributed by atoms with van der Waals surface area (Å²) in [6, 6.07) is 14.1. The molecule has 5 rings (SSSR count). The summed E-state index contributed by atoms with van der Waals surface area (Å²) in [4.78, 5) is 30.7. The number of carbonyl (C=O) groups is 2. The van der Waals surface area contributed by atoms with E-state index in [1.54, 1.807) is 21.0 Å². The molecule has 206 valence electrons. The fourth-order valence-electron chi connectivity index (χ4n) is 6.06. The van der Waals surface area contributed by atoms with Crippen LogP contribution in [0.2, 0.25) is 0 Å². The lowest BCUT2D eigenvalue weighted by atomic mass is 9.87. The Balaban J connectivity index is 1.53. The fourth-order valence-corrected chi connectivity index (χ4v) is 6.06. The molecule has 2 amide bonds. The fraction of sp³-hybridized carbons (Fsp3) is 0.452. The average molecular weight is 532 g/mol. The molecule has 0 aliphatic carbocycles. The van der Waals surface area contributed by atoms with E-state index in [1.165, 1.54) is 0 Å². The molecule has 3 heterocycles. The van der Waals surface area contributed by atoms with Gasteiger partial charge >= 0.3 is 0 Å². The number of amides is 2. The van der Waals surface area contributed by atoms with Crippen LogP contribution in [0.5, 0.6) is 11.5 Å². The van der Waals surface area contributed by atoms with Gasteiger partial charge in [0, 0.05) is 37.7 Å². The lowest BCUT2D eigenvalue weighted by molar-refractivity contribution is -0.117. The zero-order chi connectivity index (χ0) is 27.5. The van der Waals surface area contributed by atoms with Crippen LogP contribution in [0.3, 0.4) is 0 Å². The van der Waals surface area contributed by atoms with Gasteiger partial charge in [-0.15, -0.1) is 0 Å². The summed E-state index contributed by atoms with van der Waals surface area (Å²) in [5.74, 6) is 1.99. The SMILES string of the molecule is CCc1noc(C)c1C(=O)N1CCCCOc2cc(ccc2OC)C[C@@H]2[C@H](CC1)c1ccccc1N2C(C)=O. The monoisotopic (exact) mass is 531 g/mol. The van der Waals surface area contributed by atoms with Gasteiger partial charge < -0.3 is 23.8 Å². The van der Waals surface area contributed by atoms with Crippen LogP contribution in [0.25, 0.3) is 0 Å². The van der Waals surface area contributed by atoms with E-state index < -0.39 is 0 Å². The minimum absolute atomic E-state index is 0.0154. The maximum absolute atomic E-state index is 13.8. The van der Waals surface area contributed by atoms with Crippen LogP contribution in [-0.2, 0) is 17.6 Å². The first-order valence-corrected chi connectivity index (χ1v) is 13.9. The summed E-state index contributed by atoms with van der Waals surface area (Å²) in [6.07, 6.45) is 3.63. The second-order valence-electron chi connectivity index (χ2n) is 10.4. The van der Waals surface area contributed by atoms with E-state index in [4.69, 9.17) is 14.0 Å². The molecular weight excluding hydrogens is 494 g/mol. The number of ether oxygens (including phenoxy) is 2. The maximum Gasteiger partial charge on any atom is 0.259 e. The number of hydrogen-bond donors (Lipinski definition) is 0. The zero-order valence-corrected chi connectivity index (χ0v) is 23.2. The van der Waals surface area contributed by atoms with Crippen molar-refractivity contribution in [2.75, 3.05) is 31.7 Å². The van der Waals surface area contributed by atoms with E-state index in [9.17, 15) is 9.59 Å². The van der Waals surface area contributed by atoms with Crippen LogP contribution < -0.4 is 14.4 Å². The Bertz CT molecular complexity index is 1350. The average Bonchev–Trinajstić information content (AvgIpc) is 3.46. The summed E-state index contributed by atoms with van der Waals surface area (Å²) >= 11 is 0. The molecule has 2 aliphatic rings. The second-order valence-corrected chi connectivity index (χ2v) is 10.4. The number of methoxy groups -OCH3 is 1. The number of aryl methyl sites for hydroxylation is 2. The molecule has 2 atom stereocenters. The molecule has 1 aromatic heterocycles. The molecule has 0 fully saturated rings. The van der Waals surface area contributed by atoms with E-state index in [-0.39, 0.29) is 23.8 Å². The van der Waals surface area contributed by atoms with Gasteiger partial charge in [-0.25, -0.2) is 0 Å². The van der Waals surface area contributed by atoms with Gasteiger partial charge in [0.15, 0.2) is 11.5 Å². The van der Waals surface area contributed by atoms with Crippen molar-refractivity contribution in [1.82, 2.24) is 10.1 Å². The van der Waals surface area contributed by atoms with Gasteiger partial charge in [0.25, 0.3) is 5.91 Å². The van der Waals surface area contributed by atoms with Crippen LogP contribution in [0, 0.1) is 6.92 Å². The number of carbonyl (C=O) groups excluding carboxylic acids is 2. The van der Waals surface area contributed by atoms with E-state index in [2.05, 4.69) is 11.2 Å². The van der Waals surface area contributed by atoms with Gasteiger partial charge in [-0.05, 0) is 68.4 Å². The van der Waals surface area contributed by atoms with Crippen LogP contribution in [0.4, 0.5) is 5.69 Å². The molecule has 39 heavy (non-hydrogen) atoms. The third kappa shape index (κ3) is 5.24. The Kier molecular flexibility index (Phi) is 7.91. The summed E-state index contributed by atoms with van der Waals surface area (Å²) in [7, 11) is 1.64. The molecule has 2 aromatic carbocycles. The highest BCUT2D eigenvalue weighted by molar-refractivity contribution is 5.96. The zero-order valence-electron chi connectivity index (χ0n) is 23.2. The van der Waals surface area contributed by atoms with Crippen LogP contribution in [0.15, 0.2) is 47.0 Å². The Labute approximate surface area is 229 Å². The lowest BCUT2D eigenvalue weighted by Crippen LogP contribution is -2.41. The van der Waals surface area contributed by atoms with Gasteiger partial charge in [-0.3, -0.25) is 9.59 Å². The number of fused-ring (bicyclic) bond motifs is 5. The highest BCUT2D eigenvalue weighted by atomic mass is 16.5. The van der Waals surface area contributed by atoms with Crippen molar-refractivity contribution in [3.63, 3.8) is 0 Å². The third-order valence-electron chi connectivity index (χ3n) is 7.96. The summed E-state index contributed by atoms with van der Waals surface area (Å²) in [5.41, 5.74) is 4.45. The normalized spacial score (nSPS) is 19.5. The number of anilines is 1. The van der Waals surface area contributed by atoms with E-state index in [1.807, 2.05) is 53.1 Å². The van der Waals surface area contributed by atoms with Crippen molar-refractivity contribution in [2.45, 2.75) is 64.8 Å². The molecule has 2 aliphatic heterocycles. The Morgan fingerprint density at radius 1 is 1.13 bits per heavy atom. The van der Waals surface area contributed by atoms with Crippen molar-refractivity contribution < 1.29 is 23.6 Å². The molecule has 8 nitrogen and oxygen atoms in total. The highest BCUT2D eigenvalue weighted by Crippen LogP contribution is 2.44. The number of para-hydroxylation sites is 1. The molecule has 2 bridgehead atoms. The van der Waals surface area contributed by atoms with E-state index in [0.29, 0.717) is 61.1 Å². The summed E-state index contributed by atoms with van der Waals surface area (Å²) < 4.78 is 17.1. The van der Waals surface area contributed by atoms with Crippen molar-refractivity contribution in [1.29, 1.82) is 0 Å². The topological polar surface area (TPSA) is 85.1 Å². The standard InChI is InChI=1S/C31H37N3O5/c1-5-25-30(20(2)39-32-25)31(36)33-15-8-9-17-38-29-19-22(12-13-28(29)37-4)18-27-24(14-16-33)23-10-6-7-11-26(23)34(27)21(3)35/h6-7,10-13,19,24,27H,5,8-9,14-18H2,1-4H3/t24-,27-/m1/s1. The number of rotatable bonds is 3. The predicted octanol–water partition coefficient (Wildman–Crippen LogP) is 5.32. The molecule has 0 unspecified atom stereocenters. The molecule has 3 aromatic rings. The Morgan fingerprint density at radius 2 is 1.95 bits per heavy atom. The van der Waals surface area contributed by atoms with Crippen LogP contribution >= 0.6 is 0 Å². The maximum atomic E-state index is 13.8. The summed E-state index contributed by atoms with van der Waals surface area (Å²) in [5, 5.41) is 4.12. The molecule has 8 heteroatoms. The number of benzene rings is 2. The van der Waals surface area contributed by atoms with Crippen molar-refractivity contribution >= 4 is 17.5 Å². The molecule has 0 spiro atoms. The lowest BCUT2D eigenvalue weighted by Gasteiger charge is -2.31. The minimum atomic E-state index is -0.0791. The predicted molar refractivity (Wildman–Crippen MR) is 149 cm³/mol. The molecule has 0 saturated heterocycles. The molecule has 0 radical (unpaired) electrons. The van der Waals surface area contributed by atoms with Gasteiger partial charge in [0.05, 0.1) is 19.4 Å². The smallest absolute Gasteiger partial charge is 0.259 e. The minimum Gasteiger partial charge on any atom is -0.493 e. The van der Waals surface area contributed by atoms with Crippen LogP contribution in [0.1, 0.15) is 72.0 Å². The van der Waals surface area contributed by atoms with Crippen molar-refractivity contribution in [2.24, 2.45) is 0 Å². The van der Waals surface area contributed by atoms with Gasteiger partial charge in [0.2, 0.25) is 5.91 Å². The molecule has 0 N–H and O–H groups in total. The summed E-state index contributed by atoms with van der Waals surface area (Å²) in [6.45, 7) is 7.10. The Hall–Kier alpha value is -3.81. The highest BCUT2D eigenvalue weighted by Gasteiger charge is 2.40. The van der Waals surface area contributed by atoms with Gasteiger partial charge in [-0.1, -0.05) is 36.3 Å². The first-order valence-electron chi connectivity index (χ1n) is 13.9. The molecular formula is C31H37N3O5. The first-order chi connectivity index (χ1) is 18.9. The van der Waals surface area contributed by atoms with E-state index >= 15 is 0 Å². The number of nitrogens with zero attached hydrogens (tertiary/aromatic N) is 3. The van der Waals surface area contributed by atoms with E-state index in [0.717, 1.165) is 36.1 Å². The second kappa shape index (κ2) is 11.5. The third-order valence-corrected chi connectivity index (χ3v) is 7.96.